The highest BCUT2D eigenvalue weighted by molar-refractivity contribution is 8.30. The Bertz CT molecular complexity index is 3470. The van der Waals surface area contributed by atoms with Crippen LogP contribution in [0.15, 0.2) is 143 Å². The number of carbonyl (C=O) groups is 2. The van der Waals surface area contributed by atoms with Crippen LogP contribution in [-0.4, -0.2) is 47.9 Å². The number of thioether (sulfide) groups is 1. The van der Waals surface area contributed by atoms with E-state index in [2.05, 4.69) is 103 Å². The number of carboxylic acids is 1. The molecule has 2 aromatic heterocycles. The number of anilines is 2. The zero-order valence-corrected chi connectivity index (χ0v) is 42.8. The number of carbonyl (C=O) groups excluding carboxylic acids is 1. The van der Waals surface area contributed by atoms with Crippen LogP contribution in [0.4, 0.5) is 11.4 Å². The monoisotopic (exact) mass is 1010 g/mol. The van der Waals surface area contributed by atoms with Crippen LogP contribution in [0, 0.1) is 9.20 Å². The highest BCUT2D eigenvalue weighted by Gasteiger charge is 2.42. The smallest absolute Gasteiger partial charge is 0.323 e. The molecule has 2 atom stereocenters. The number of hydrogen-bond acceptors (Lipinski definition) is 9. The number of rotatable bonds is 16. The lowest BCUT2D eigenvalue weighted by atomic mass is 9.95. The van der Waals surface area contributed by atoms with Crippen molar-refractivity contribution < 1.29 is 14.7 Å². The Morgan fingerprint density at radius 3 is 2.08 bits per heavy atom. The van der Waals surface area contributed by atoms with E-state index in [9.17, 15) is 24.3 Å². The van der Waals surface area contributed by atoms with Gasteiger partial charge in [0.05, 0.1) is 11.1 Å². The third kappa shape index (κ3) is 10.1. The summed E-state index contributed by atoms with van der Waals surface area (Å²) >= 11 is 9.17. The number of thiazole rings is 2. The lowest BCUT2D eigenvalue weighted by Crippen LogP contribution is -2.32. The molecule has 5 aromatic carbocycles. The molecule has 9 nitrogen and oxygen atoms in total. The predicted octanol–water partition coefficient (Wildman–Crippen LogP) is 11.1. The number of nitrogens with zero attached hydrogens (tertiary/aromatic N) is 4. The molecule has 3 aliphatic rings. The van der Waals surface area contributed by atoms with Crippen molar-refractivity contribution in [2.24, 2.45) is 0 Å². The first-order valence-corrected chi connectivity index (χ1v) is 27.4. The van der Waals surface area contributed by atoms with Gasteiger partial charge in [-0.3, -0.25) is 33.2 Å². The van der Waals surface area contributed by atoms with E-state index in [1.165, 1.54) is 28.3 Å². The molecule has 0 spiro atoms. The van der Waals surface area contributed by atoms with E-state index in [0.717, 1.165) is 119 Å². The Kier molecular flexibility index (Phi) is 14.6. The van der Waals surface area contributed by atoms with Gasteiger partial charge in [-0.15, -0.1) is 22.7 Å². The van der Waals surface area contributed by atoms with Gasteiger partial charge in [0, 0.05) is 29.9 Å². The lowest BCUT2D eigenvalue weighted by Gasteiger charge is -2.27. The Labute approximate surface area is 430 Å². The number of aromatic nitrogens is 2. The first-order valence-electron chi connectivity index (χ1n) is 24.5. The summed E-state index contributed by atoms with van der Waals surface area (Å²) in [6.45, 7) is 2.24. The summed E-state index contributed by atoms with van der Waals surface area (Å²) < 4.78 is 4.43. The van der Waals surface area contributed by atoms with Crippen molar-refractivity contribution in [3.8, 4) is 0 Å². The molecule has 0 bridgehead atoms. The number of thiocarbonyl (C=S) groups is 1. The van der Waals surface area contributed by atoms with Crippen LogP contribution in [-0.2, 0) is 22.7 Å². The second-order valence-corrected chi connectivity index (χ2v) is 22.1. The molecule has 0 radical (unpaired) electrons. The van der Waals surface area contributed by atoms with Crippen LogP contribution in [0.25, 0.3) is 22.6 Å². The molecule has 7 aromatic rings. The largest absolute Gasteiger partial charge is 0.480 e. The summed E-state index contributed by atoms with van der Waals surface area (Å²) in [4.78, 5) is 60.1. The van der Waals surface area contributed by atoms with Crippen molar-refractivity contribution in [2.75, 3.05) is 11.4 Å². The van der Waals surface area contributed by atoms with Gasteiger partial charge in [-0.05, 0) is 94.6 Å². The SMILES string of the molecule is CCCCCCCCN1C(=O)/C(=c2\s/c(=c3\s/c(=C/c4ccc5c(c4)C4CCCC4N5c4ccc(C=C(c5ccccc5)c5ccccc5)cc4)c(=O)n3CC(=O)O)c(=O)n2Cc2ccccc2)SC1=S. The van der Waals surface area contributed by atoms with Gasteiger partial charge in [0.15, 0.2) is 0 Å². The Balaban J connectivity index is 1.02. The highest BCUT2D eigenvalue weighted by atomic mass is 32.2. The van der Waals surface area contributed by atoms with Gasteiger partial charge in [-0.25, -0.2) is 0 Å². The number of aliphatic carboxylic acids is 1. The number of unbranched alkanes of at least 4 members (excludes halogenated alkanes) is 5. The van der Waals surface area contributed by atoms with Gasteiger partial charge in [0.25, 0.3) is 17.0 Å². The number of fused-ring (bicyclic) bond motifs is 3. The normalized spacial score (nSPS) is 17.8. The van der Waals surface area contributed by atoms with Crippen molar-refractivity contribution >= 4 is 96.9 Å². The van der Waals surface area contributed by atoms with Crippen LogP contribution < -0.4 is 25.2 Å². The number of hydrogen-bond donors (Lipinski definition) is 1. The van der Waals surface area contributed by atoms with Gasteiger partial charge in [-0.2, -0.15) is 0 Å². The minimum absolute atomic E-state index is 0.180. The average Bonchev–Trinajstić information content (AvgIpc) is 4.19. The second kappa shape index (κ2) is 21.5. The van der Waals surface area contributed by atoms with E-state index in [4.69, 9.17) is 12.2 Å². The van der Waals surface area contributed by atoms with Crippen molar-refractivity contribution in [1.29, 1.82) is 0 Å². The summed E-state index contributed by atoms with van der Waals surface area (Å²) in [5, 5.41) is 10.1. The lowest BCUT2D eigenvalue weighted by molar-refractivity contribution is -0.137. The molecular formula is C58H54N4O5S4. The molecule has 1 saturated carbocycles. The second-order valence-electron chi connectivity index (χ2n) is 18.4. The fourth-order valence-corrected chi connectivity index (χ4v) is 14.1. The summed E-state index contributed by atoms with van der Waals surface area (Å²) in [7, 11) is 0. The first-order chi connectivity index (χ1) is 34.7. The third-order valence-corrected chi connectivity index (χ3v) is 17.7. The van der Waals surface area contributed by atoms with Gasteiger partial charge in [-0.1, -0.05) is 179 Å². The molecular weight excluding hydrogens is 961 g/mol. The first kappa shape index (κ1) is 48.3. The molecule has 4 heterocycles. The zero-order chi connectivity index (χ0) is 49.0. The molecule has 1 N–H and O–H groups in total. The quantitative estimate of drug-likeness (QED) is 0.0580. The van der Waals surface area contributed by atoms with E-state index in [1.54, 1.807) is 9.47 Å². The number of benzene rings is 5. The third-order valence-electron chi connectivity index (χ3n) is 13.7. The molecule has 2 unspecified atom stereocenters. The topological polar surface area (TPSA) is 105 Å². The Hall–Kier alpha value is -6.38. The molecule has 2 fully saturated rings. The van der Waals surface area contributed by atoms with E-state index in [1.807, 2.05) is 54.6 Å². The fraction of sp³-hybridized carbons (Fsp3) is 0.259. The molecule has 71 heavy (non-hydrogen) atoms. The Morgan fingerprint density at radius 1 is 0.732 bits per heavy atom. The van der Waals surface area contributed by atoms with Crippen molar-refractivity contribution in [3.63, 3.8) is 0 Å². The Morgan fingerprint density at radius 2 is 1.39 bits per heavy atom. The van der Waals surface area contributed by atoms with Crippen LogP contribution in [0.1, 0.15) is 104 Å². The molecule has 360 valence electrons. The van der Waals surface area contributed by atoms with Gasteiger partial charge in [0.2, 0.25) is 0 Å². The molecule has 1 aliphatic carbocycles. The molecule has 13 heteroatoms. The van der Waals surface area contributed by atoms with Crippen molar-refractivity contribution in [1.82, 2.24) is 14.0 Å². The zero-order valence-electron chi connectivity index (χ0n) is 39.5. The maximum Gasteiger partial charge on any atom is 0.323 e. The van der Waals surface area contributed by atoms with Crippen LogP contribution in [0.3, 0.4) is 0 Å². The standard InChI is InChI=1S/C58H54N4O5S4/c1-2-3-4-5-6-16-32-59-54(66)52(71-58(59)68)57-60(36-39-18-10-7-11-19-39)55(67)51(70-57)56-61(37-50(63)64)53(65)49(69-56)35-40-28-31-48-46(34-40)44-24-17-25-47(44)62(48)43-29-26-38(27-30-43)33-45(41-20-12-8-13-21-41)42-22-14-9-15-23-42/h7-15,18-23,26-31,33-35,44,47H,2-6,16-17,24-25,32,36-37H2,1H3,(H,63,64)/b49-35+,56-51-,57-52+. The van der Waals surface area contributed by atoms with Crippen LogP contribution in [0.2, 0.25) is 0 Å². The fourth-order valence-electron chi connectivity index (χ4n) is 10.3. The van der Waals surface area contributed by atoms with Gasteiger partial charge >= 0.3 is 5.97 Å². The average molecular weight is 1020 g/mol. The summed E-state index contributed by atoms with van der Waals surface area (Å²) in [5.74, 6) is -1.12. The summed E-state index contributed by atoms with van der Waals surface area (Å²) in [5.41, 5.74) is 8.90. The van der Waals surface area contributed by atoms with Gasteiger partial charge in [0.1, 0.15) is 29.6 Å². The summed E-state index contributed by atoms with van der Waals surface area (Å²) in [6, 6.07) is 45.9. The number of amides is 1. The minimum Gasteiger partial charge on any atom is -0.480 e. The van der Waals surface area contributed by atoms with Crippen molar-refractivity contribution in [3.05, 3.63) is 206 Å². The minimum atomic E-state index is -1.20. The van der Waals surface area contributed by atoms with E-state index < -0.39 is 23.6 Å². The van der Waals surface area contributed by atoms with Crippen LogP contribution >= 0.6 is 46.7 Å². The van der Waals surface area contributed by atoms with Gasteiger partial charge < -0.3 is 10.0 Å². The van der Waals surface area contributed by atoms with Crippen LogP contribution in [0.5, 0.6) is 0 Å². The number of carboxylic acid groups (broad SMARTS) is 1. The maximum atomic E-state index is 14.7. The molecule has 10 rings (SSSR count). The summed E-state index contributed by atoms with van der Waals surface area (Å²) in [6.07, 6.45) is 13.7. The molecule has 2 aliphatic heterocycles. The molecule has 1 amide bonds. The van der Waals surface area contributed by atoms with Crippen molar-refractivity contribution in [2.45, 2.75) is 89.8 Å². The molecule has 1 saturated heterocycles. The predicted molar refractivity (Wildman–Crippen MR) is 295 cm³/mol. The van der Waals surface area contributed by atoms with E-state index in [0.29, 0.717) is 36.9 Å². The van der Waals surface area contributed by atoms with E-state index >= 15 is 0 Å². The highest BCUT2D eigenvalue weighted by Crippen LogP contribution is 2.52. The van der Waals surface area contributed by atoms with E-state index in [-0.39, 0.29) is 21.6 Å². The maximum absolute atomic E-state index is 14.7.